The van der Waals surface area contributed by atoms with Crippen LogP contribution in [0, 0.1) is 0 Å². The normalized spacial score (nSPS) is 13.5. The molecule has 5 heteroatoms. The Labute approximate surface area is 117 Å². The van der Waals surface area contributed by atoms with Gasteiger partial charge in [0, 0.05) is 4.75 Å². The molecule has 0 saturated carbocycles. The number of nitrogens with zero attached hydrogens (tertiary/aromatic N) is 2. The molecule has 0 saturated heterocycles. The fourth-order valence-corrected chi connectivity index (χ4v) is 2.22. The standard InChI is InChI=1S/C14H19N3OS/c1-14(2,3)19-9-11-16-13(18-17-11)12(15)10-7-5-4-6-8-10/h4-8,12H,9,15H2,1-3H3/t12-/m0/s1. The van der Waals surface area contributed by atoms with Crippen molar-refractivity contribution in [2.75, 3.05) is 0 Å². The Morgan fingerprint density at radius 1 is 1.26 bits per heavy atom. The molecular weight excluding hydrogens is 258 g/mol. The summed E-state index contributed by atoms with van der Waals surface area (Å²) in [5.41, 5.74) is 7.08. The van der Waals surface area contributed by atoms with Crippen LogP contribution >= 0.6 is 11.8 Å². The molecule has 0 aliphatic heterocycles. The molecule has 102 valence electrons. The fraction of sp³-hybridized carbons (Fsp3) is 0.429. The molecule has 2 N–H and O–H groups in total. The molecule has 0 spiro atoms. The van der Waals surface area contributed by atoms with Gasteiger partial charge in [-0.25, -0.2) is 0 Å². The van der Waals surface area contributed by atoms with Gasteiger partial charge in [0.25, 0.3) is 0 Å². The zero-order valence-electron chi connectivity index (χ0n) is 11.5. The highest BCUT2D eigenvalue weighted by Gasteiger charge is 2.18. The number of aromatic nitrogens is 2. The van der Waals surface area contributed by atoms with Crippen LogP contribution < -0.4 is 5.73 Å². The molecule has 0 aliphatic carbocycles. The van der Waals surface area contributed by atoms with E-state index in [1.807, 2.05) is 30.3 Å². The van der Waals surface area contributed by atoms with Gasteiger partial charge in [-0.15, -0.1) is 11.8 Å². The lowest BCUT2D eigenvalue weighted by atomic mass is 10.1. The Hall–Kier alpha value is -1.33. The Bertz CT molecular complexity index is 519. The maximum absolute atomic E-state index is 6.11. The molecular formula is C14H19N3OS. The highest BCUT2D eigenvalue weighted by molar-refractivity contribution is 7.99. The average Bonchev–Trinajstić information content (AvgIpc) is 2.84. The molecule has 4 nitrogen and oxygen atoms in total. The number of hydrogen-bond acceptors (Lipinski definition) is 5. The highest BCUT2D eigenvalue weighted by atomic mass is 32.2. The van der Waals surface area contributed by atoms with Crippen molar-refractivity contribution in [1.29, 1.82) is 0 Å². The lowest BCUT2D eigenvalue weighted by Crippen LogP contribution is -2.12. The zero-order valence-corrected chi connectivity index (χ0v) is 12.3. The SMILES string of the molecule is CC(C)(C)SCc1noc([C@@H](N)c2ccccc2)n1. The number of rotatable bonds is 4. The van der Waals surface area contributed by atoms with Gasteiger partial charge in [0.1, 0.15) is 6.04 Å². The van der Waals surface area contributed by atoms with E-state index in [-0.39, 0.29) is 10.8 Å². The number of hydrogen-bond donors (Lipinski definition) is 1. The van der Waals surface area contributed by atoms with Gasteiger partial charge in [0.15, 0.2) is 5.82 Å². The van der Waals surface area contributed by atoms with Gasteiger partial charge >= 0.3 is 0 Å². The minimum Gasteiger partial charge on any atom is -0.337 e. The first-order valence-electron chi connectivity index (χ1n) is 6.23. The molecule has 0 radical (unpaired) electrons. The van der Waals surface area contributed by atoms with Crippen LogP contribution in [0.5, 0.6) is 0 Å². The summed E-state index contributed by atoms with van der Waals surface area (Å²) in [6.07, 6.45) is 0. The van der Waals surface area contributed by atoms with Gasteiger partial charge in [0.05, 0.1) is 5.75 Å². The molecule has 0 aliphatic rings. The summed E-state index contributed by atoms with van der Waals surface area (Å²) in [6, 6.07) is 9.40. The second kappa shape index (κ2) is 5.75. The number of thioether (sulfide) groups is 1. The fourth-order valence-electron chi connectivity index (χ4n) is 1.54. The van der Waals surface area contributed by atoms with Crippen LogP contribution in [0.25, 0.3) is 0 Å². The summed E-state index contributed by atoms with van der Waals surface area (Å²) < 4.78 is 5.43. The maximum atomic E-state index is 6.11. The van der Waals surface area contributed by atoms with Gasteiger partial charge in [-0.05, 0) is 5.56 Å². The quantitative estimate of drug-likeness (QED) is 0.930. The van der Waals surface area contributed by atoms with Crippen molar-refractivity contribution in [2.45, 2.75) is 37.3 Å². The first kappa shape index (κ1) is 14.1. The molecule has 0 unspecified atom stereocenters. The van der Waals surface area contributed by atoms with E-state index in [4.69, 9.17) is 10.3 Å². The summed E-state index contributed by atoms with van der Waals surface area (Å²) in [5.74, 6) is 1.89. The summed E-state index contributed by atoms with van der Waals surface area (Å²) in [4.78, 5) is 4.37. The van der Waals surface area contributed by atoms with Crippen LogP contribution in [0.15, 0.2) is 34.9 Å². The third kappa shape index (κ3) is 4.08. The molecule has 0 amide bonds. The molecule has 1 aromatic carbocycles. The van der Waals surface area contributed by atoms with Crippen molar-refractivity contribution in [3.8, 4) is 0 Å². The zero-order chi connectivity index (χ0) is 13.9. The molecule has 2 rings (SSSR count). The molecule has 1 aromatic heterocycles. The van der Waals surface area contributed by atoms with E-state index in [9.17, 15) is 0 Å². The van der Waals surface area contributed by atoms with Crippen LogP contribution in [0.3, 0.4) is 0 Å². The summed E-state index contributed by atoms with van der Waals surface area (Å²) >= 11 is 1.78. The molecule has 1 heterocycles. The average molecular weight is 277 g/mol. The van der Waals surface area contributed by atoms with Crippen LogP contribution in [-0.2, 0) is 5.75 Å². The minimum absolute atomic E-state index is 0.183. The van der Waals surface area contributed by atoms with E-state index in [1.165, 1.54) is 0 Å². The van der Waals surface area contributed by atoms with Crippen molar-refractivity contribution >= 4 is 11.8 Å². The second-order valence-corrected chi connectivity index (χ2v) is 7.14. The molecule has 2 aromatic rings. The van der Waals surface area contributed by atoms with Crippen molar-refractivity contribution in [2.24, 2.45) is 5.73 Å². The molecule has 19 heavy (non-hydrogen) atoms. The lowest BCUT2D eigenvalue weighted by Gasteiger charge is -2.15. The Balaban J connectivity index is 2.05. The lowest BCUT2D eigenvalue weighted by molar-refractivity contribution is 0.363. The van der Waals surface area contributed by atoms with E-state index < -0.39 is 0 Å². The predicted octanol–water partition coefficient (Wildman–Crippen LogP) is 3.15. The van der Waals surface area contributed by atoms with Gasteiger partial charge in [-0.2, -0.15) is 4.98 Å². The van der Waals surface area contributed by atoms with Crippen LogP contribution in [0.1, 0.15) is 44.1 Å². The Morgan fingerprint density at radius 3 is 2.58 bits per heavy atom. The van der Waals surface area contributed by atoms with Crippen molar-refractivity contribution < 1.29 is 4.52 Å². The van der Waals surface area contributed by atoms with Crippen molar-refractivity contribution in [3.63, 3.8) is 0 Å². The third-order valence-corrected chi connectivity index (χ3v) is 3.81. The Kier molecular flexibility index (Phi) is 4.27. The summed E-state index contributed by atoms with van der Waals surface area (Å²) in [7, 11) is 0. The predicted molar refractivity (Wildman–Crippen MR) is 77.8 cm³/mol. The summed E-state index contributed by atoms with van der Waals surface area (Å²) in [6.45, 7) is 6.48. The molecule has 0 bridgehead atoms. The largest absolute Gasteiger partial charge is 0.337 e. The summed E-state index contributed by atoms with van der Waals surface area (Å²) in [5, 5.41) is 3.98. The van der Waals surface area contributed by atoms with Crippen molar-refractivity contribution in [3.05, 3.63) is 47.6 Å². The second-order valence-electron chi connectivity index (χ2n) is 5.34. The van der Waals surface area contributed by atoms with Crippen LogP contribution in [0.2, 0.25) is 0 Å². The highest BCUT2D eigenvalue weighted by Crippen LogP contribution is 2.26. The van der Waals surface area contributed by atoms with Gasteiger partial charge in [-0.1, -0.05) is 56.3 Å². The molecule has 1 atom stereocenters. The van der Waals surface area contributed by atoms with E-state index in [2.05, 4.69) is 30.9 Å². The van der Waals surface area contributed by atoms with Gasteiger partial charge in [-0.3, -0.25) is 0 Å². The van der Waals surface area contributed by atoms with Gasteiger partial charge in [0.2, 0.25) is 5.89 Å². The monoisotopic (exact) mass is 277 g/mol. The van der Waals surface area contributed by atoms with Crippen molar-refractivity contribution in [1.82, 2.24) is 10.1 Å². The topological polar surface area (TPSA) is 64.9 Å². The first-order chi connectivity index (χ1) is 8.96. The van der Waals surface area contributed by atoms with E-state index in [0.717, 1.165) is 11.3 Å². The van der Waals surface area contributed by atoms with Crippen LogP contribution in [-0.4, -0.2) is 14.9 Å². The first-order valence-corrected chi connectivity index (χ1v) is 7.21. The number of nitrogens with two attached hydrogens (primary N) is 1. The smallest absolute Gasteiger partial charge is 0.248 e. The van der Waals surface area contributed by atoms with E-state index in [1.54, 1.807) is 11.8 Å². The van der Waals surface area contributed by atoms with Crippen LogP contribution in [0.4, 0.5) is 0 Å². The van der Waals surface area contributed by atoms with E-state index >= 15 is 0 Å². The van der Waals surface area contributed by atoms with E-state index in [0.29, 0.717) is 11.7 Å². The Morgan fingerprint density at radius 2 is 1.95 bits per heavy atom. The van der Waals surface area contributed by atoms with Gasteiger partial charge < -0.3 is 10.3 Å². The minimum atomic E-state index is -0.359. The third-order valence-electron chi connectivity index (χ3n) is 2.54. The molecule has 0 fully saturated rings. The number of benzene rings is 1. The maximum Gasteiger partial charge on any atom is 0.248 e.